The molecule has 2 rings (SSSR count). The van der Waals surface area contributed by atoms with Crippen molar-refractivity contribution in [2.24, 2.45) is 5.73 Å². The third-order valence-corrected chi connectivity index (χ3v) is 3.24. The van der Waals surface area contributed by atoms with Crippen LogP contribution in [0.15, 0.2) is 18.3 Å². The Bertz CT molecular complexity index is 348. The first-order valence-corrected chi connectivity index (χ1v) is 6.35. The predicted molar refractivity (Wildman–Crippen MR) is 69.0 cm³/mol. The molecule has 1 aromatic rings. The zero-order chi connectivity index (χ0) is 12.1. The second-order valence-corrected chi connectivity index (χ2v) is 4.32. The summed E-state index contributed by atoms with van der Waals surface area (Å²) in [6, 6.07) is 4.08. The van der Waals surface area contributed by atoms with Crippen LogP contribution in [0.25, 0.3) is 0 Å². The molecule has 0 radical (unpaired) electrons. The van der Waals surface area contributed by atoms with Gasteiger partial charge in [-0.2, -0.15) is 0 Å². The summed E-state index contributed by atoms with van der Waals surface area (Å²) in [5.41, 5.74) is 7.89. The minimum atomic E-state index is 0.425. The van der Waals surface area contributed by atoms with Crippen LogP contribution in [-0.2, 0) is 11.3 Å². The molecule has 2 heterocycles. The van der Waals surface area contributed by atoms with E-state index in [4.69, 9.17) is 10.5 Å². The molecule has 0 saturated carbocycles. The highest BCUT2D eigenvalue weighted by molar-refractivity contribution is 5.50. The van der Waals surface area contributed by atoms with Gasteiger partial charge in [0, 0.05) is 32.4 Å². The van der Waals surface area contributed by atoms with Gasteiger partial charge < -0.3 is 15.4 Å². The van der Waals surface area contributed by atoms with Gasteiger partial charge in [-0.05, 0) is 31.9 Å². The van der Waals surface area contributed by atoms with E-state index in [0.717, 1.165) is 38.2 Å². The fraction of sp³-hybridized carbons (Fsp3) is 0.615. The maximum atomic E-state index is 5.72. The summed E-state index contributed by atoms with van der Waals surface area (Å²) in [6.45, 7) is 5.43. The zero-order valence-corrected chi connectivity index (χ0v) is 10.4. The van der Waals surface area contributed by atoms with E-state index in [1.807, 2.05) is 6.07 Å². The average molecular weight is 235 g/mol. The van der Waals surface area contributed by atoms with E-state index in [-0.39, 0.29) is 0 Å². The van der Waals surface area contributed by atoms with Gasteiger partial charge in [0.1, 0.15) is 0 Å². The highest BCUT2D eigenvalue weighted by Crippen LogP contribution is 2.23. The Labute approximate surface area is 103 Å². The number of rotatable bonds is 4. The SMILES string of the molecule is CCOC1CCN(c2cccnc2CN)CC1. The maximum absolute atomic E-state index is 5.72. The summed E-state index contributed by atoms with van der Waals surface area (Å²) in [7, 11) is 0. The Morgan fingerprint density at radius 2 is 2.24 bits per heavy atom. The summed E-state index contributed by atoms with van der Waals surface area (Å²) in [4.78, 5) is 6.70. The summed E-state index contributed by atoms with van der Waals surface area (Å²) in [5.74, 6) is 0. The molecule has 1 fully saturated rings. The number of piperidine rings is 1. The summed E-state index contributed by atoms with van der Waals surface area (Å²) in [6.07, 6.45) is 4.41. The maximum Gasteiger partial charge on any atom is 0.0772 e. The Morgan fingerprint density at radius 3 is 2.88 bits per heavy atom. The average Bonchev–Trinajstić information content (AvgIpc) is 2.40. The highest BCUT2D eigenvalue weighted by Gasteiger charge is 2.20. The van der Waals surface area contributed by atoms with E-state index in [1.165, 1.54) is 5.69 Å². The van der Waals surface area contributed by atoms with Gasteiger partial charge in [-0.25, -0.2) is 0 Å². The minimum absolute atomic E-state index is 0.425. The van der Waals surface area contributed by atoms with Crippen LogP contribution in [-0.4, -0.2) is 30.8 Å². The Hall–Kier alpha value is -1.13. The predicted octanol–water partition coefficient (Wildman–Crippen LogP) is 1.55. The topological polar surface area (TPSA) is 51.4 Å². The van der Waals surface area contributed by atoms with E-state index in [1.54, 1.807) is 6.20 Å². The Kier molecular flexibility index (Phi) is 4.34. The van der Waals surface area contributed by atoms with Crippen LogP contribution in [0.5, 0.6) is 0 Å². The van der Waals surface area contributed by atoms with Crippen molar-refractivity contribution in [1.82, 2.24) is 4.98 Å². The summed E-state index contributed by atoms with van der Waals surface area (Å²) in [5, 5.41) is 0. The van der Waals surface area contributed by atoms with Gasteiger partial charge in [0.15, 0.2) is 0 Å². The fourth-order valence-corrected chi connectivity index (χ4v) is 2.37. The van der Waals surface area contributed by atoms with Gasteiger partial charge in [0.05, 0.1) is 17.5 Å². The Morgan fingerprint density at radius 1 is 1.47 bits per heavy atom. The number of nitrogens with two attached hydrogens (primary N) is 1. The van der Waals surface area contributed by atoms with Crippen molar-refractivity contribution >= 4 is 5.69 Å². The van der Waals surface area contributed by atoms with Gasteiger partial charge in [-0.3, -0.25) is 4.98 Å². The Balaban J connectivity index is 2.00. The third-order valence-electron chi connectivity index (χ3n) is 3.24. The molecular weight excluding hydrogens is 214 g/mol. The van der Waals surface area contributed by atoms with E-state index >= 15 is 0 Å². The number of pyridine rings is 1. The molecule has 4 nitrogen and oxygen atoms in total. The zero-order valence-electron chi connectivity index (χ0n) is 10.4. The molecule has 0 amide bonds. The van der Waals surface area contributed by atoms with Crippen molar-refractivity contribution in [3.05, 3.63) is 24.0 Å². The van der Waals surface area contributed by atoms with Crippen LogP contribution in [0.1, 0.15) is 25.5 Å². The van der Waals surface area contributed by atoms with Crippen LogP contribution in [0.4, 0.5) is 5.69 Å². The van der Waals surface area contributed by atoms with Crippen molar-refractivity contribution in [3.63, 3.8) is 0 Å². The number of ether oxygens (including phenoxy) is 1. The second-order valence-electron chi connectivity index (χ2n) is 4.32. The fourth-order valence-electron chi connectivity index (χ4n) is 2.37. The molecule has 1 saturated heterocycles. The molecular formula is C13H21N3O. The van der Waals surface area contributed by atoms with Crippen molar-refractivity contribution in [2.75, 3.05) is 24.6 Å². The lowest BCUT2D eigenvalue weighted by molar-refractivity contribution is 0.0459. The molecule has 1 aliphatic heterocycles. The highest BCUT2D eigenvalue weighted by atomic mass is 16.5. The lowest BCUT2D eigenvalue weighted by atomic mass is 10.1. The number of anilines is 1. The normalized spacial score (nSPS) is 17.4. The van der Waals surface area contributed by atoms with Crippen LogP contribution in [0.3, 0.4) is 0 Å². The molecule has 0 spiro atoms. The summed E-state index contributed by atoms with van der Waals surface area (Å²) >= 11 is 0. The number of nitrogens with zero attached hydrogens (tertiary/aromatic N) is 2. The molecule has 0 atom stereocenters. The van der Waals surface area contributed by atoms with Gasteiger partial charge in [-0.1, -0.05) is 0 Å². The smallest absolute Gasteiger partial charge is 0.0772 e. The van der Waals surface area contributed by atoms with E-state index in [0.29, 0.717) is 12.6 Å². The lowest BCUT2D eigenvalue weighted by Crippen LogP contribution is -2.37. The number of hydrogen-bond donors (Lipinski definition) is 1. The van der Waals surface area contributed by atoms with Crippen LogP contribution in [0, 0.1) is 0 Å². The van der Waals surface area contributed by atoms with Crippen LogP contribution in [0.2, 0.25) is 0 Å². The molecule has 2 N–H and O–H groups in total. The first-order valence-electron chi connectivity index (χ1n) is 6.35. The monoisotopic (exact) mass is 235 g/mol. The summed E-state index contributed by atoms with van der Waals surface area (Å²) < 4.78 is 5.66. The molecule has 17 heavy (non-hydrogen) atoms. The lowest BCUT2D eigenvalue weighted by Gasteiger charge is -2.34. The van der Waals surface area contributed by atoms with Crippen molar-refractivity contribution < 1.29 is 4.74 Å². The molecule has 1 aliphatic rings. The molecule has 0 bridgehead atoms. The molecule has 0 aliphatic carbocycles. The number of aromatic nitrogens is 1. The molecule has 1 aromatic heterocycles. The molecule has 0 unspecified atom stereocenters. The largest absolute Gasteiger partial charge is 0.378 e. The third kappa shape index (κ3) is 2.96. The van der Waals surface area contributed by atoms with Gasteiger partial charge >= 0.3 is 0 Å². The van der Waals surface area contributed by atoms with E-state index in [9.17, 15) is 0 Å². The van der Waals surface area contributed by atoms with Crippen molar-refractivity contribution in [3.8, 4) is 0 Å². The molecule has 0 aromatic carbocycles. The van der Waals surface area contributed by atoms with Crippen LogP contribution >= 0.6 is 0 Å². The van der Waals surface area contributed by atoms with Gasteiger partial charge in [0.25, 0.3) is 0 Å². The first-order chi connectivity index (χ1) is 8.35. The van der Waals surface area contributed by atoms with Crippen LogP contribution < -0.4 is 10.6 Å². The van der Waals surface area contributed by atoms with Crippen molar-refractivity contribution in [1.29, 1.82) is 0 Å². The molecule has 4 heteroatoms. The van der Waals surface area contributed by atoms with Gasteiger partial charge in [-0.15, -0.1) is 0 Å². The molecule has 94 valence electrons. The van der Waals surface area contributed by atoms with E-state index in [2.05, 4.69) is 22.9 Å². The first kappa shape index (κ1) is 12.3. The van der Waals surface area contributed by atoms with Gasteiger partial charge in [0.2, 0.25) is 0 Å². The van der Waals surface area contributed by atoms with Crippen molar-refractivity contribution in [2.45, 2.75) is 32.4 Å². The quantitative estimate of drug-likeness (QED) is 0.860. The number of hydrogen-bond acceptors (Lipinski definition) is 4. The standard InChI is InChI=1S/C13H21N3O/c1-2-17-11-5-8-16(9-6-11)13-4-3-7-15-12(13)10-14/h3-4,7,11H,2,5-6,8-10,14H2,1H3. The minimum Gasteiger partial charge on any atom is -0.378 e. The second kappa shape index (κ2) is 5.98. The van der Waals surface area contributed by atoms with E-state index < -0.39 is 0 Å².